The van der Waals surface area contributed by atoms with Gasteiger partial charge in [-0.3, -0.25) is 4.79 Å². The first-order chi connectivity index (χ1) is 8.06. The van der Waals surface area contributed by atoms with E-state index in [1.165, 1.54) is 0 Å². The molecule has 3 nitrogen and oxygen atoms in total. The Morgan fingerprint density at radius 3 is 2.53 bits per heavy atom. The van der Waals surface area contributed by atoms with Gasteiger partial charge in [0.15, 0.2) is 0 Å². The number of rotatable bonds is 1. The fourth-order valence-corrected chi connectivity index (χ4v) is 2.42. The molecule has 0 saturated carbocycles. The third-order valence-corrected chi connectivity index (χ3v) is 3.15. The molecular formula is C14H19NO2. The van der Waals surface area contributed by atoms with Crippen LogP contribution in [0.3, 0.4) is 0 Å². The minimum atomic E-state index is -0.362. The number of aliphatic hydroxyl groups excluding tert-OH is 1. The molecule has 0 aliphatic carbocycles. The van der Waals surface area contributed by atoms with Crippen LogP contribution in [0.5, 0.6) is 0 Å². The maximum Gasteiger partial charge on any atom is 0.253 e. The third kappa shape index (κ3) is 2.86. The minimum absolute atomic E-state index is 0.0375. The van der Waals surface area contributed by atoms with Gasteiger partial charge in [-0.05, 0) is 38.8 Å². The molecule has 0 radical (unpaired) electrons. The SMILES string of the molecule is Cc1cc(C)cc(C(=O)N2CCC[C@H](O)C2)c1. The molecule has 1 N–H and O–H groups in total. The van der Waals surface area contributed by atoms with Crippen LogP contribution >= 0.6 is 0 Å². The second-order valence-electron chi connectivity index (χ2n) is 4.92. The number of carbonyl (C=O) groups is 1. The van der Waals surface area contributed by atoms with Crippen LogP contribution in [0.4, 0.5) is 0 Å². The number of benzene rings is 1. The Kier molecular flexibility index (Phi) is 3.48. The molecule has 1 amide bonds. The lowest BCUT2D eigenvalue weighted by Crippen LogP contribution is -2.42. The molecule has 0 aromatic heterocycles. The number of likely N-dealkylation sites (tertiary alicyclic amines) is 1. The lowest BCUT2D eigenvalue weighted by Gasteiger charge is -2.30. The van der Waals surface area contributed by atoms with Gasteiger partial charge < -0.3 is 10.0 Å². The Balaban J connectivity index is 2.18. The Hall–Kier alpha value is -1.35. The maximum absolute atomic E-state index is 12.3. The Labute approximate surface area is 102 Å². The summed E-state index contributed by atoms with van der Waals surface area (Å²) in [4.78, 5) is 14.0. The number of aliphatic hydroxyl groups is 1. The van der Waals surface area contributed by atoms with E-state index in [1.54, 1.807) is 4.90 Å². The zero-order valence-corrected chi connectivity index (χ0v) is 10.4. The normalized spacial score (nSPS) is 20.4. The number of β-amino-alcohol motifs (C(OH)–C–C–N with tert-alkyl or cyclic N) is 1. The van der Waals surface area contributed by atoms with E-state index < -0.39 is 0 Å². The molecule has 1 aliphatic rings. The van der Waals surface area contributed by atoms with Crippen molar-refractivity contribution in [1.82, 2.24) is 4.90 Å². The van der Waals surface area contributed by atoms with Gasteiger partial charge in [0.25, 0.3) is 5.91 Å². The van der Waals surface area contributed by atoms with E-state index in [4.69, 9.17) is 0 Å². The molecule has 0 spiro atoms. The highest BCUT2D eigenvalue weighted by atomic mass is 16.3. The molecule has 1 aromatic rings. The van der Waals surface area contributed by atoms with Crippen molar-refractivity contribution in [3.8, 4) is 0 Å². The van der Waals surface area contributed by atoms with Gasteiger partial charge in [-0.2, -0.15) is 0 Å². The van der Waals surface area contributed by atoms with Crippen LogP contribution in [0.15, 0.2) is 18.2 Å². The quantitative estimate of drug-likeness (QED) is 0.804. The molecule has 0 bridgehead atoms. The van der Waals surface area contributed by atoms with E-state index in [0.717, 1.165) is 36.1 Å². The first-order valence-corrected chi connectivity index (χ1v) is 6.12. The standard InChI is InChI=1S/C14H19NO2/c1-10-6-11(2)8-12(7-10)14(17)15-5-3-4-13(16)9-15/h6-8,13,16H,3-5,9H2,1-2H3/t13-/m0/s1. The molecule has 1 saturated heterocycles. The fraction of sp³-hybridized carbons (Fsp3) is 0.500. The van der Waals surface area contributed by atoms with E-state index in [-0.39, 0.29) is 12.0 Å². The molecule has 1 heterocycles. The van der Waals surface area contributed by atoms with Crippen LogP contribution in [0.2, 0.25) is 0 Å². The van der Waals surface area contributed by atoms with E-state index in [9.17, 15) is 9.90 Å². The first kappa shape index (κ1) is 12.1. The van der Waals surface area contributed by atoms with E-state index in [2.05, 4.69) is 6.07 Å². The Morgan fingerprint density at radius 2 is 1.94 bits per heavy atom. The largest absolute Gasteiger partial charge is 0.391 e. The smallest absolute Gasteiger partial charge is 0.253 e. The molecule has 1 aromatic carbocycles. The summed E-state index contributed by atoms with van der Waals surface area (Å²) in [7, 11) is 0. The van der Waals surface area contributed by atoms with Crippen molar-refractivity contribution in [2.75, 3.05) is 13.1 Å². The topological polar surface area (TPSA) is 40.5 Å². The van der Waals surface area contributed by atoms with Gasteiger partial charge in [0.1, 0.15) is 0 Å². The first-order valence-electron chi connectivity index (χ1n) is 6.12. The molecular weight excluding hydrogens is 214 g/mol. The number of hydrogen-bond acceptors (Lipinski definition) is 2. The van der Waals surface area contributed by atoms with Gasteiger partial charge in [-0.1, -0.05) is 17.2 Å². The molecule has 1 fully saturated rings. The molecule has 1 atom stereocenters. The summed E-state index contributed by atoms with van der Waals surface area (Å²) in [6.45, 7) is 5.21. The van der Waals surface area contributed by atoms with Gasteiger partial charge in [0, 0.05) is 18.7 Å². The highest BCUT2D eigenvalue weighted by Crippen LogP contribution is 2.16. The van der Waals surface area contributed by atoms with Crippen molar-refractivity contribution in [2.45, 2.75) is 32.8 Å². The number of piperidine rings is 1. The lowest BCUT2D eigenvalue weighted by molar-refractivity contribution is 0.0473. The van der Waals surface area contributed by atoms with E-state index in [1.807, 2.05) is 26.0 Å². The molecule has 2 rings (SSSR count). The highest BCUT2D eigenvalue weighted by Gasteiger charge is 2.23. The van der Waals surface area contributed by atoms with Crippen LogP contribution in [-0.2, 0) is 0 Å². The summed E-state index contributed by atoms with van der Waals surface area (Å²) in [6, 6.07) is 5.88. The predicted molar refractivity (Wildman–Crippen MR) is 67.1 cm³/mol. The third-order valence-electron chi connectivity index (χ3n) is 3.15. The van der Waals surface area contributed by atoms with Crippen molar-refractivity contribution >= 4 is 5.91 Å². The maximum atomic E-state index is 12.3. The summed E-state index contributed by atoms with van der Waals surface area (Å²) < 4.78 is 0. The number of aryl methyl sites for hydroxylation is 2. The van der Waals surface area contributed by atoms with Crippen molar-refractivity contribution in [3.63, 3.8) is 0 Å². The van der Waals surface area contributed by atoms with E-state index >= 15 is 0 Å². The van der Waals surface area contributed by atoms with Crippen molar-refractivity contribution in [1.29, 1.82) is 0 Å². The summed E-state index contributed by atoms with van der Waals surface area (Å²) in [6.07, 6.45) is 1.33. The number of nitrogens with zero attached hydrogens (tertiary/aromatic N) is 1. The van der Waals surface area contributed by atoms with Crippen molar-refractivity contribution < 1.29 is 9.90 Å². The van der Waals surface area contributed by atoms with Crippen LogP contribution in [-0.4, -0.2) is 35.1 Å². The summed E-state index contributed by atoms with van der Waals surface area (Å²) in [5, 5.41) is 9.59. The van der Waals surface area contributed by atoms with Crippen molar-refractivity contribution in [2.24, 2.45) is 0 Å². The van der Waals surface area contributed by atoms with Crippen LogP contribution in [0.1, 0.15) is 34.3 Å². The predicted octanol–water partition coefficient (Wildman–Crippen LogP) is 1.90. The molecule has 3 heteroatoms. The van der Waals surface area contributed by atoms with Crippen molar-refractivity contribution in [3.05, 3.63) is 34.9 Å². The second-order valence-corrected chi connectivity index (χ2v) is 4.92. The second kappa shape index (κ2) is 4.88. The molecule has 92 valence electrons. The Bertz CT molecular complexity index is 408. The van der Waals surface area contributed by atoms with Gasteiger partial charge in [-0.15, -0.1) is 0 Å². The molecule has 0 unspecified atom stereocenters. The summed E-state index contributed by atoms with van der Waals surface area (Å²) >= 11 is 0. The molecule has 1 aliphatic heterocycles. The number of hydrogen-bond donors (Lipinski definition) is 1. The monoisotopic (exact) mass is 233 g/mol. The fourth-order valence-electron chi connectivity index (χ4n) is 2.42. The summed E-state index contributed by atoms with van der Waals surface area (Å²) in [5.74, 6) is 0.0375. The minimum Gasteiger partial charge on any atom is -0.391 e. The zero-order valence-electron chi connectivity index (χ0n) is 10.4. The average molecular weight is 233 g/mol. The van der Waals surface area contributed by atoms with Crippen LogP contribution in [0, 0.1) is 13.8 Å². The lowest BCUT2D eigenvalue weighted by atomic mass is 10.0. The number of amides is 1. The zero-order chi connectivity index (χ0) is 12.4. The van der Waals surface area contributed by atoms with Crippen LogP contribution in [0.25, 0.3) is 0 Å². The number of carbonyl (C=O) groups excluding carboxylic acids is 1. The van der Waals surface area contributed by atoms with Gasteiger partial charge in [0.05, 0.1) is 6.10 Å². The average Bonchev–Trinajstić information content (AvgIpc) is 2.26. The van der Waals surface area contributed by atoms with Crippen LogP contribution < -0.4 is 0 Å². The van der Waals surface area contributed by atoms with Gasteiger partial charge in [0.2, 0.25) is 0 Å². The summed E-state index contributed by atoms with van der Waals surface area (Å²) in [5.41, 5.74) is 2.94. The van der Waals surface area contributed by atoms with Gasteiger partial charge >= 0.3 is 0 Å². The van der Waals surface area contributed by atoms with Gasteiger partial charge in [-0.25, -0.2) is 0 Å². The molecule has 17 heavy (non-hydrogen) atoms. The Morgan fingerprint density at radius 1 is 1.29 bits per heavy atom. The highest BCUT2D eigenvalue weighted by molar-refractivity contribution is 5.94. The van der Waals surface area contributed by atoms with E-state index in [0.29, 0.717) is 6.54 Å².